The lowest BCUT2D eigenvalue weighted by Gasteiger charge is -2.09. The monoisotopic (exact) mass is 228 g/mol. The minimum absolute atomic E-state index is 0.00456. The van der Waals surface area contributed by atoms with Gasteiger partial charge in [0.15, 0.2) is 0 Å². The normalized spacial score (nSPS) is 12.4. The zero-order valence-corrected chi connectivity index (χ0v) is 9.80. The van der Waals surface area contributed by atoms with Crippen LogP contribution in [-0.4, -0.2) is 21.3 Å². The summed E-state index contributed by atoms with van der Waals surface area (Å²) in [7, 11) is 0. The number of amides is 1. The van der Waals surface area contributed by atoms with Crippen LogP contribution in [0.5, 0.6) is 0 Å². The van der Waals surface area contributed by atoms with Crippen LogP contribution >= 0.6 is 11.5 Å². The minimum Gasteiger partial charge on any atom is -0.370 e. The maximum absolute atomic E-state index is 10.7. The van der Waals surface area contributed by atoms with Crippen molar-refractivity contribution in [3.8, 4) is 0 Å². The van der Waals surface area contributed by atoms with E-state index in [9.17, 15) is 4.79 Å². The SMILES string of the molecule is CCCc1nsc(NC(C)CC(N)=O)n1. The summed E-state index contributed by atoms with van der Waals surface area (Å²) in [5.74, 6) is 0.546. The highest BCUT2D eigenvalue weighted by Crippen LogP contribution is 2.13. The fourth-order valence-corrected chi connectivity index (χ4v) is 1.93. The third kappa shape index (κ3) is 4.24. The Morgan fingerprint density at radius 1 is 1.67 bits per heavy atom. The van der Waals surface area contributed by atoms with Crippen LogP contribution in [0.3, 0.4) is 0 Å². The molecule has 1 atom stereocenters. The Morgan fingerprint density at radius 3 is 3.00 bits per heavy atom. The van der Waals surface area contributed by atoms with Crippen LogP contribution in [0.15, 0.2) is 0 Å². The van der Waals surface area contributed by atoms with E-state index in [2.05, 4.69) is 21.6 Å². The fourth-order valence-electron chi connectivity index (χ4n) is 1.20. The molecule has 1 heterocycles. The number of aryl methyl sites for hydroxylation is 1. The van der Waals surface area contributed by atoms with Gasteiger partial charge in [0.05, 0.1) is 0 Å². The van der Waals surface area contributed by atoms with Gasteiger partial charge in [-0.15, -0.1) is 0 Å². The van der Waals surface area contributed by atoms with Gasteiger partial charge in [-0.1, -0.05) is 6.92 Å². The molecule has 0 saturated heterocycles. The molecule has 84 valence electrons. The summed E-state index contributed by atoms with van der Waals surface area (Å²) in [5, 5.41) is 3.85. The van der Waals surface area contributed by atoms with Crippen LogP contribution in [0.25, 0.3) is 0 Å². The van der Waals surface area contributed by atoms with E-state index in [1.165, 1.54) is 11.5 Å². The first-order valence-corrected chi connectivity index (χ1v) is 5.76. The molecule has 15 heavy (non-hydrogen) atoms. The third-order valence-corrected chi connectivity index (χ3v) is 2.50. The minimum atomic E-state index is -0.312. The molecule has 0 spiro atoms. The van der Waals surface area contributed by atoms with Gasteiger partial charge in [0, 0.05) is 30.4 Å². The van der Waals surface area contributed by atoms with Crippen molar-refractivity contribution in [3.63, 3.8) is 0 Å². The average Bonchev–Trinajstić information content (AvgIpc) is 2.51. The van der Waals surface area contributed by atoms with E-state index in [0.717, 1.165) is 23.8 Å². The van der Waals surface area contributed by atoms with E-state index in [1.807, 2.05) is 6.92 Å². The zero-order chi connectivity index (χ0) is 11.3. The molecule has 0 fully saturated rings. The Morgan fingerprint density at radius 2 is 2.40 bits per heavy atom. The summed E-state index contributed by atoms with van der Waals surface area (Å²) >= 11 is 1.32. The van der Waals surface area contributed by atoms with Crippen molar-refractivity contribution in [2.75, 3.05) is 5.32 Å². The van der Waals surface area contributed by atoms with Gasteiger partial charge in [0.2, 0.25) is 11.0 Å². The van der Waals surface area contributed by atoms with Crippen molar-refractivity contribution in [2.45, 2.75) is 39.2 Å². The summed E-state index contributed by atoms with van der Waals surface area (Å²) in [6.45, 7) is 3.98. The van der Waals surface area contributed by atoms with Gasteiger partial charge in [-0.2, -0.15) is 4.37 Å². The standard InChI is InChI=1S/C9H16N4OS/c1-3-4-8-12-9(15-13-8)11-6(2)5-7(10)14/h6H,3-5H2,1-2H3,(H2,10,14)(H,11,12,13). The van der Waals surface area contributed by atoms with E-state index in [4.69, 9.17) is 5.73 Å². The molecule has 1 rings (SSSR count). The van der Waals surface area contributed by atoms with Crippen LogP contribution in [0.1, 0.15) is 32.5 Å². The number of hydrogen-bond donors (Lipinski definition) is 2. The smallest absolute Gasteiger partial charge is 0.219 e. The maximum atomic E-state index is 10.7. The molecule has 6 heteroatoms. The molecule has 1 aromatic heterocycles. The summed E-state index contributed by atoms with van der Waals surface area (Å²) in [6, 6.07) is 0.00456. The van der Waals surface area contributed by atoms with Gasteiger partial charge < -0.3 is 11.1 Å². The molecule has 0 aliphatic rings. The van der Waals surface area contributed by atoms with Gasteiger partial charge in [0.1, 0.15) is 5.82 Å². The topological polar surface area (TPSA) is 80.9 Å². The molecule has 5 nitrogen and oxygen atoms in total. The van der Waals surface area contributed by atoms with Crippen LogP contribution in [0.2, 0.25) is 0 Å². The van der Waals surface area contributed by atoms with E-state index in [1.54, 1.807) is 0 Å². The Kier molecular flexibility index (Phi) is 4.48. The molecule has 0 saturated carbocycles. The van der Waals surface area contributed by atoms with Crippen molar-refractivity contribution in [2.24, 2.45) is 5.73 Å². The Bertz CT molecular complexity index is 326. The van der Waals surface area contributed by atoms with Gasteiger partial charge in [-0.3, -0.25) is 4.79 Å². The van der Waals surface area contributed by atoms with Gasteiger partial charge in [-0.25, -0.2) is 4.98 Å². The van der Waals surface area contributed by atoms with Crippen LogP contribution in [-0.2, 0) is 11.2 Å². The maximum Gasteiger partial charge on any atom is 0.219 e. The number of anilines is 1. The second kappa shape index (κ2) is 5.65. The van der Waals surface area contributed by atoms with Crippen molar-refractivity contribution >= 4 is 22.6 Å². The summed E-state index contributed by atoms with van der Waals surface area (Å²) in [5.41, 5.74) is 5.09. The number of primary amides is 1. The molecular formula is C9H16N4OS. The van der Waals surface area contributed by atoms with Crippen LogP contribution in [0.4, 0.5) is 5.13 Å². The van der Waals surface area contributed by atoms with Crippen molar-refractivity contribution in [1.82, 2.24) is 9.36 Å². The second-order valence-corrected chi connectivity index (χ2v) is 4.23. The van der Waals surface area contributed by atoms with Crippen LogP contribution in [0, 0.1) is 0 Å². The fraction of sp³-hybridized carbons (Fsp3) is 0.667. The molecule has 1 unspecified atom stereocenters. The van der Waals surface area contributed by atoms with Gasteiger partial charge in [0.25, 0.3) is 0 Å². The van der Waals surface area contributed by atoms with Gasteiger partial charge in [-0.05, 0) is 13.3 Å². The highest BCUT2D eigenvalue weighted by atomic mass is 32.1. The highest BCUT2D eigenvalue weighted by Gasteiger charge is 2.09. The number of aromatic nitrogens is 2. The first-order valence-electron chi connectivity index (χ1n) is 4.99. The second-order valence-electron chi connectivity index (χ2n) is 3.48. The lowest BCUT2D eigenvalue weighted by Crippen LogP contribution is -2.23. The summed E-state index contributed by atoms with van der Waals surface area (Å²) < 4.78 is 4.19. The number of carbonyl (C=O) groups excluding carboxylic acids is 1. The molecule has 0 aromatic carbocycles. The number of nitrogens with one attached hydrogen (secondary N) is 1. The third-order valence-electron chi connectivity index (χ3n) is 1.82. The van der Waals surface area contributed by atoms with Crippen molar-refractivity contribution in [1.29, 1.82) is 0 Å². The summed E-state index contributed by atoms with van der Waals surface area (Å²) in [4.78, 5) is 14.9. The summed E-state index contributed by atoms with van der Waals surface area (Å²) in [6.07, 6.45) is 2.23. The quantitative estimate of drug-likeness (QED) is 0.765. The molecule has 0 aliphatic carbocycles. The molecule has 0 aliphatic heterocycles. The molecule has 3 N–H and O–H groups in total. The highest BCUT2D eigenvalue weighted by molar-refractivity contribution is 7.09. The Hall–Kier alpha value is -1.17. The van der Waals surface area contributed by atoms with E-state index >= 15 is 0 Å². The van der Waals surface area contributed by atoms with Crippen molar-refractivity contribution in [3.05, 3.63) is 5.82 Å². The first-order chi connectivity index (χ1) is 7.11. The first kappa shape index (κ1) is 11.9. The largest absolute Gasteiger partial charge is 0.370 e. The number of carbonyl (C=O) groups is 1. The molecule has 0 radical (unpaired) electrons. The number of nitrogens with zero attached hydrogens (tertiary/aromatic N) is 2. The number of rotatable bonds is 6. The lowest BCUT2D eigenvalue weighted by molar-refractivity contribution is -0.118. The molecule has 1 amide bonds. The molecule has 0 bridgehead atoms. The Balaban J connectivity index is 2.45. The average molecular weight is 228 g/mol. The zero-order valence-electron chi connectivity index (χ0n) is 8.99. The van der Waals surface area contributed by atoms with E-state index in [-0.39, 0.29) is 11.9 Å². The van der Waals surface area contributed by atoms with Crippen LogP contribution < -0.4 is 11.1 Å². The lowest BCUT2D eigenvalue weighted by atomic mass is 10.2. The predicted molar refractivity (Wildman–Crippen MR) is 60.8 cm³/mol. The Labute approximate surface area is 93.3 Å². The molecule has 1 aromatic rings. The predicted octanol–water partition coefficient (Wildman–Crippen LogP) is 1.17. The number of hydrogen-bond acceptors (Lipinski definition) is 5. The van der Waals surface area contributed by atoms with E-state index in [0.29, 0.717) is 6.42 Å². The van der Waals surface area contributed by atoms with Crippen molar-refractivity contribution < 1.29 is 4.79 Å². The number of nitrogens with two attached hydrogens (primary N) is 1. The van der Waals surface area contributed by atoms with Gasteiger partial charge >= 0.3 is 0 Å². The molecular weight excluding hydrogens is 212 g/mol. The van der Waals surface area contributed by atoms with E-state index < -0.39 is 0 Å².